The lowest BCUT2D eigenvalue weighted by Crippen LogP contribution is -1.94. The number of hydrogen-bond acceptors (Lipinski definition) is 4. The number of aromatic nitrogens is 1. The van der Waals surface area contributed by atoms with E-state index in [9.17, 15) is 5.11 Å². The van der Waals surface area contributed by atoms with Gasteiger partial charge in [-0.3, -0.25) is 4.98 Å². The Morgan fingerprint density at radius 1 is 1.23 bits per heavy atom. The zero-order valence-corrected chi connectivity index (χ0v) is 12.0. The van der Waals surface area contributed by atoms with E-state index in [-0.39, 0.29) is 5.75 Å². The fourth-order valence-electron chi connectivity index (χ4n) is 2.28. The van der Waals surface area contributed by atoms with Gasteiger partial charge in [0.1, 0.15) is 0 Å². The molecule has 4 heteroatoms. The quantitative estimate of drug-likeness (QED) is 0.723. The number of methoxy groups -OCH3 is 1. The molecule has 0 aliphatic carbocycles. The summed E-state index contributed by atoms with van der Waals surface area (Å²) in [7, 11) is 1.51. The molecule has 3 aromatic rings. The van der Waals surface area contributed by atoms with Gasteiger partial charge in [0.05, 0.1) is 12.6 Å². The molecule has 3 rings (SSSR count). The molecule has 4 nitrogen and oxygen atoms in total. The van der Waals surface area contributed by atoms with Gasteiger partial charge in [0.2, 0.25) is 0 Å². The van der Waals surface area contributed by atoms with Gasteiger partial charge in [0.25, 0.3) is 0 Å². The van der Waals surface area contributed by atoms with Crippen molar-refractivity contribution in [3.05, 3.63) is 54.2 Å². The lowest BCUT2D eigenvalue weighted by atomic mass is 10.1. The number of phenols is 1. The number of ether oxygens (including phenoxy) is 1. The summed E-state index contributed by atoms with van der Waals surface area (Å²) in [5.74, 6) is 3.07. The molecule has 0 amide bonds. The van der Waals surface area contributed by atoms with Gasteiger partial charge in [-0.05, 0) is 30.3 Å². The Kier molecular flexibility index (Phi) is 3.55. The zero-order valence-electron chi connectivity index (χ0n) is 12.0. The first kappa shape index (κ1) is 13.8. The van der Waals surface area contributed by atoms with E-state index in [2.05, 4.69) is 16.2 Å². The molecule has 1 aromatic heterocycles. The lowest BCUT2D eigenvalue weighted by molar-refractivity contribution is 0.374. The Balaban J connectivity index is 2.07. The maximum Gasteiger partial charge on any atom is 0.162 e. The molecule has 0 aliphatic heterocycles. The van der Waals surface area contributed by atoms with E-state index < -0.39 is 0 Å². The Morgan fingerprint density at radius 3 is 2.86 bits per heavy atom. The van der Waals surface area contributed by atoms with Crippen LogP contribution in [0.5, 0.6) is 11.5 Å². The summed E-state index contributed by atoms with van der Waals surface area (Å²) in [5, 5.41) is 14.1. The number of pyridine rings is 1. The average Bonchev–Trinajstić information content (AvgIpc) is 2.55. The zero-order chi connectivity index (χ0) is 15.5. The Hall–Kier alpha value is -3.19. The van der Waals surface area contributed by atoms with Crippen LogP contribution in [0.2, 0.25) is 0 Å². The Labute approximate surface area is 128 Å². The standard InChI is InChI=1S/C18H14N2O2/c1-3-12-5-4-6-13(9-12)20-15-7-8-19-16-11-18(22-2)17(21)10-14(15)16/h1,4-11,21H,2H3,(H,19,20). The summed E-state index contributed by atoms with van der Waals surface area (Å²) in [6.45, 7) is 0. The van der Waals surface area contributed by atoms with E-state index in [1.807, 2.05) is 30.3 Å². The molecule has 0 aliphatic rings. The number of benzene rings is 2. The molecule has 0 radical (unpaired) electrons. The minimum Gasteiger partial charge on any atom is -0.504 e. The largest absolute Gasteiger partial charge is 0.504 e. The molecule has 2 N–H and O–H groups in total. The molecule has 0 bridgehead atoms. The van der Waals surface area contributed by atoms with E-state index in [1.165, 1.54) is 7.11 Å². The second-order valence-corrected chi connectivity index (χ2v) is 4.75. The van der Waals surface area contributed by atoms with Gasteiger partial charge in [-0.15, -0.1) is 6.42 Å². The number of aromatic hydroxyl groups is 1. The van der Waals surface area contributed by atoms with Crippen LogP contribution in [0.15, 0.2) is 48.7 Å². The number of anilines is 2. The summed E-state index contributed by atoms with van der Waals surface area (Å²) < 4.78 is 5.11. The molecule has 1 heterocycles. The van der Waals surface area contributed by atoms with Crippen molar-refractivity contribution >= 4 is 22.3 Å². The van der Waals surface area contributed by atoms with E-state index in [1.54, 1.807) is 18.3 Å². The number of terminal acetylenes is 1. The molecule has 0 spiro atoms. The maximum absolute atomic E-state index is 9.97. The maximum atomic E-state index is 9.97. The third kappa shape index (κ3) is 2.52. The van der Waals surface area contributed by atoms with Crippen molar-refractivity contribution in [1.82, 2.24) is 4.98 Å². The van der Waals surface area contributed by atoms with Crippen molar-refractivity contribution in [1.29, 1.82) is 0 Å². The number of nitrogens with zero attached hydrogens (tertiary/aromatic N) is 1. The molecule has 2 aromatic carbocycles. The van der Waals surface area contributed by atoms with Crippen LogP contribution in [0.4, 0.5) is 11.4 Å². The van der Waals surface area contributed by atoms with Gasteiger partial charge < -0.3 is 15.2 Å². The van der Waals surface area contributed by atoms with Crippen molar-refractivity contribution in [3.63, 3.8) is 0 Å². The highest BCUT2D eigenvalue weighted by Gasteiger charge is 2.08. The SMILES string of the molecule is C#Cc1cccc(Nc2ccnc3cc(OC)c(O)cc23)c1. The monoisotopic (exact) mass is 290 g/mol. The van der Waals surface area contributed by atoms with Crippen molar-refractivity contribution in [2.75, 3.05) is 12.4 Å². The highest BCUT2D eigenvalue weighted by Crippen LogP contribution is 2.34. The molecule has 108 valence electrons. The molecular weight excluding hydrogens is 276 g/mol. The lowest BCUT2D eigenvalue weighted by Gasteiger charge is -2.11. The number of nitrogens with one attached hydrogen (secondary N) is 1. The van der Waals surface area contributed by atoms with Crippen molar-refractivity contribution in [2.24, 2.45) is 0 Å². The second-order valence-electron chi connectivity index (χ2n) is 4.75. The van der Waals surface area contributed by atoms with Gasteiger partial charge in [0.15, 0.2) is 11.5 Å². The van der Waals surface area contributed by atoms with Crippen LogP contribution in [0.25, 0.3) is 10.9 Å². The minimum atomic E-state index is 0.0726. The van der Waals surface area contributed by atoms with Gasteiger partial charge in [-0.25, -0.2) is 0 Å². The number of phenolic OH excluding ortho intramolecular Hbond substituents is 1. The fourth-order valence-corrected chi connectivity index (χ4v) is 2.28. The first-order valence-corrected chi connectivity index (χ1v) is 6.70. The third-order valence-electron chi connectivity index (χ3n) is 3.35. The first-order valence-electron chi connectivity index (χ1n) is 6.70. The van der Waals surface area contributed by atoms with Crippen LogP contribution >= 0.6 is 0 Å². The summed E-state index contributed by atoms with van der Waals surface area (Å²) in [5.41, 5.74) is 3.23. The highest BCUT2D eigenvalue weighted by molar-refractivity contribution is 5.95. The molecular formula is C18H14N2O2. The van der Waals surface area contributed by atoms with Crippen LogP contribution in [0.1, 0.15) is 5.56 Å². The fraction of sp³-hybridized carbons (Fsp3) is 0.0556. The minimum absolute atomic E-state index is 0.0726. The third-order valence-corrected chi connectivity index (χ3v) is 3.35. The first-order chi connectivity index (χ1) is 10.7. The Morgan fingerprint density at radius 2 is 2.09 bits per heavy atom. The molecule has 0 saturated heterocycles. The molecule has 0 fully saturated rings. The van der Waals surface area contributed by atoms with Gasteiger partial charge >= 0.3 is 0 Å². The van der Waals surface area contributed by atoms with Crippen LogP contribution in [-0.4, -0.2) is 17.2 Å². The summed E-state index contributed by atoms with van der Waals surface area (Å²) in [6, 6.07) is 12.7. The van der Waals surface area contributed by atoms with E-state index in [4.69, 9.17) is 11.2 Å². The molecule has 22 heavy (non-hydrogen) atoms. The molecule has 0 unspecified atom stereocenters. The van der Waals surface area contributed by atoms with Gasteiger partial charge in [-0.2, -0.15) is 0 Å². The van der Waals surface area contributed by atoms with E-state index in [0.717, 1.165) is 27.8 Å². The summed E-state index contributed by atoms with van der Waals surface area (Å²) in [6.07, 6.45) is 7.12. The Bertz CT molecular complexity index is 882. The van der Waals surface area contributed by atoms with Crippen LogP contribution in [0.3, 0.4) is 0 Å². The molecule has 0 atom stereocenters. The number of fused-ring (bicyclic) bond motifs is 1. The van der Waals surface area contributed by atoms with E-state index in [0.29, 0.717) is 5.75 Å². The van der Waals surface area contributed by atoms with Gasteiger partial charge in [0, 0.05) is 34.6 Å². The van der Waals surface area contributed by atoms with Crippen molar-refractivity contribution in [3.8, 4) is 23.8 Å². The predicted octanol–water partition coefficient (Wildman–Crippen LogP) is 3.67. The smallest absolute Gasteiger partial charge is 0.162 e. The van der Waals surface area contributed by atoms with Gasteiger partial charge in [-0.1, -0.05) is 12.0 Å². The van der Waals surface area contributed by atoms with E-state index >= 15 is 0 Å². The normalized spacial score (nSPS) is 10.2. The number of hydrogen-bond donors (Lipinski definition) is 2. The average molecular weight is 290 g/mol. The van der Waals surface area contributed by atoms with Crippen LogP contribution in [0, 0.1) is 12.3 Å². The summed E-state index contributed by atoms with van der Waals surface area (Å²) >= 11 is 0. The topological polar surface area (TPSA) is 54.4 Å². The second kappa shape index (κ2) is 5.66. The highest BCUT2D eigenvalue weighted by atomic mass is 16.5. The summed E-state index contributed by atoms with van der Waals surface area (Å²) in [4.78, 5) is 4.30. The molecule has 0 saturated carbocycles. The predicted molar refractivity (Wildman–Crippen MR) is 87.6 cm³/mol. The van der Waals surface area contributed by atoms with Crippen molar-refractivity contribution in [2.45, 2.75) is 0 Å². The van der Waals surface area contributed by atoms with Crippen LogP contribution in [-0.2, 0) is 0 Å². The van der Waals surface area contributed by atoms with Crippen LogP contribution < -0.4 is 10.1 Å². The number of rotatable bonds is 3. The van der Waals surface area contributed by atoms with Crippen molar-refractivity contribution < 1.29 is 9.84 Å².